The molecule has 0 aliphatic carbocycles. The van der Waals surface area contributed by atoms with Gasteiger partial charge in [-0.05, 0) is 44.5 Å². The van der Waals surface area contributed by atoms with Gasteiger partial charge in [-0.2, -0.15) is 0 Å². The number of aliphatic hydroxyl groups is 1. The summed E-state index contributed by atoms with van der Waals surface area (Å²) in [5.41, 5.74) is 0.756. The van der Waals surface area contributed by atoms with Crippen molar-refractivity contribution in [3.05, 3.63) is 35.1 Å². The molecule has 0 spiro atoms. The van der Waals surface area contributed by atoms with Crippen molar-refractivity contribution in [2.24, 2.45) is 0 Å². The minimum absolute atomic E-state index is 0.214. The maximum Gasteiger partial charge on any atom is 0.316 e. The first kappa shape index (κ1) is 17.5. The van der Waals surface area contributed by atoms with Crippen LogP contribution in [0.3, 0.4) is 0 Å². The summed E-state index contributed by atoms with van der Waals surface area (Å²) in [5.74, 6) is 5.18. The van der Waals surface area contributed by atoms with Crippen LogP contribution >= 0.6 is 11.8 Å². The van der Waals surface area contributed by atoms with Gasteiger partial charge in [0.15, 0.2) is 0 Å². The number of aliphatic hydroxyl groups excluding tert-OH is 1. The molecule has 1 rings (SSSR count). The maximum atomic E-state index is 13.4. The number of benzene rings is 1. The second kappa shape index (κ2) is 8.06. The summed E-state index contributed by atoms with van der Waals surface area (Å²) in [4.78, 5) is 11.6. The summed E-state index contributed by atoms with van der Waals surface area (Å²) < 4.78 is 18.6. The molecule has 5 heteroatoms. The van der Waals surface area contributed by atoms with Crippen molar-refractivity contribution in [1.29, 1.82) is 0 Å². The van der Waals surface area contributed by atoms with Crippen molar-refractivity contribution >= 4 is 17.7 Å². The molecule has 0 fully saturated rings. The highest BCUT2D eigenvalue weighted by Gasteiger charge is 2.15. The van der Waals surface area contributed by atoms with Crippen LogP contribution in [0.5, 0.6) is 0 Å². The highest BCUT2D eigenvalue weighted by atomic mass is 32.2. The Morgan fingerprint density at radius 2 is 2.10 bits per heavy atom. The summed E-state index contributed by atoms with van der Waals surface area (Å²) in [6.45, 7) is 5.18. The zero-order valence-electron chi connectivity index (χ0n) is 12.4. The van der Waals surface area contributed by atoms with E-state index < -0.39 is 5.60 Å². The summed E-state index contributed by atoms with van der Waals surface area (Å²) in [7, 11) is 0. The number of halogens is 1. The molecule has 0 saturated heterocycles. The topological polar surface area (TPSA) is 46.5 Å². The average Bonchev–Trinajstić information content (AvgIpc) is 2.33. The number of hydrogen-bond donors (Lipinski definition) is 1. The van der Waals surface area contributed by atoms with Crippen LogP contribution in [0.2, 0.25) is 0 Å². The van der Waals surface area contributed by atoms with Crippen LogP contribution in [-0.2, 0) is 15.3 Å². The van der Waals surface area contributed by atoms with E-state index in [9.17, 15) is 9.18 Å². The van der Waals surface area contributed by atoms with Gasteiger partial charge in [-0.15, -0.1) is 11.8 Å². The average molecular weight is 310 g/mol. The normalized spacial score (nSPS) is 10.7. The van der Waals surface area contributed by atoms with Gasteiger partial charge in [0.2, 0.25) is 0 Å². The Bertz CT molecular complexity index is 553. The molecule has 0 saturated carbocycles. The van der Waals surface area contributed by atoms with Gasteiger partial charge < -0.3 is 9.84 Å². The summed E-state index contributed by atoms with van der Waals surface area (Å²) in [5, 5.41) is 8.64. The Morgan fingerprint density at radius 3 is 2.71 bits per heavy atom. The van der Waals surface area contributed by atoms with Gasteiger partial charge in [0.05, 0.1) is 5.75 Å². The van der Waals surface area contributed by atoms with E-state index in [0.717, 1.165) is 5.56 Å². The van der Waals surface area contributed by atoms with Crippen LogP contribution < -0.4 is 0 Å². The SMILES string of the molecule is CC(C)(C)OC(=O)CSCc1cc(F)cc(C#CCO)c1. The minimum atomic E-state index is -0.496. The summed E-state index contributed by atoms with van der Waals surface area (Å²) in [6.07, 6.45) is 0. The van der Waals surface area contributed by atoms with Crippen LogP contribution in [0.25, 0.3) is 0 Å². The molecule has 0 aliphatic rings. The number of hydrogen-bond acceptors (Lipinski definition) is 4. The van der Waals surface area contributed by atoms with Gasteiger partial charge in [-0.25, -0.2) is 4.39 Å². The third-order valence-electron chi connectivity index (χ3n) is 2.18. The first-order chi connectivity index (χ1) is 9.80. The number of thioether (sulfide) groups is 1. The molecule has 114 valence electrons. The lowest BCUT2D eigenvalue weighted by Gasteiger charge is -2.19. The molecule has 1 aromatic rings. The Balaban J connectivity index is 2.56. The number of carbonyl (C=O) groups excluding carboxylic acids is 1. The second-order valence-corrected chi connectivity index (χ2v) is 6.37. The van der Waals surface area contributed by atoms with Crippen LogP contribution in [0.15, 0.2) is 18.2 Å². The standard InChI is InChI=1S/C16H19FO3S/c1-16(2,3)20-15(19)11-21-10-13-7-12(5-4-6-18)8-14(17)9-13/h7-9,18H,6,10-11H2,1-3H3. The molecular weight excluding hydrogens is 291 g/mol. The van der Waals surface area contributed by atoms with E-state index >= 15 is 0 Å². The molecule has 1 aromatic carbocycles. The fourth-order valence-electron chi connectivity index (χ4n) is 1.57. The van der Waals surface area contributed by atoms with Crippen molar-refractivity contribution in [2.45, 2.75) is 32.1 Å². The van der Waals surface area contributed by atoms with Gasteiger partial charge in [0.25, 0.3) is 0 Å². The summed E-state index contributed by atoms with van der Waals surface area (Å²) >= 11 is 1.36. The van der Waals surface area contributed by atoms with E-state index in [1.807, 2.05) is 20.8 Å². The van der Waals surface area contributed by atoms with Gasteiger partial charge in [-0.3, -0.25) is 4.79 Å². The fourth-order valence-corrected chi connectivity index (χ4v) is 2.30. The van der Waals surface area contributed by atoms with Crippen LogP contribution in [0, 0.1) is 17.7 Å². The van der Waals surface area contributed by atoms with E-state index in [1.165, 1.54) is 23.9 Å². The molecule has 21 heavy (non-hydrogen) atoms. The Kier molecular flexibility index (Phi) is 6.73. The Morgan fingerprint density at radius 1 is 1.38 bits per heavy atom. The predicted octanol–water partition coefficient (Wildman–Crippen LogP) is 2.74. The number of carbonyl (C=O) groups is 1. The zero-order valence-corrected chi connectivity index (χ0v) is 13.2. The van der Waals surface area contributed by atoms with Crippen LogP contribution in [0.4, 0.5) is 4.39 Å². The molecule has 1 N–H and O–H groups in total. The fraction of sp³-hybridized carbons (Fsp3) is 0.438. The monoisotopic (exact) mass is 310 g/mol. The highest BCUT2D eigenvalue weighted by molar-refractivity contribution is 7.99. The molecule has 0 amide bonds. The lowest BCUT2D eigenvalue weighted by molar-refractivity contribution is -0.151. The first-order valence-electron chi connectivity index (χ1n) is 6.49. The van der Waals surface area contributed by atoms with E-state index in [-0.39, 0.29) is 24.1 Å². The van der Waals surface area contributed by atoms with Crippen molar-refractivity contribution < 1.29 is 19.0 Å². The molecule has 0 bridgehead atoms. The van der Waals surface area contributed by atoms with Crippen molar-refractivity contribution in [3.8, 4) is 11.8 Å². The lowest BCUT2D eigenvalue weighted by atomic mass is 10.1. The largest absolute Gasteiger partial charge is 0.459 e. The van der Waals surface area contributed by atoms with E-state index in [1.54, 1.807) is 6.07 Å². The van der Waals surface area contributed by atoms with Crippen LogP contribution in [0.1, 0.15) is 31.9 Å². The molecule has 3 nitrogen and oxygen atoms in total. The van der Waals surface area contributed by atoms with Gasteiger partial charge in [0, 0.05) is 11.3 Å². The van der Waals surface area contributed by atoms with Gasteiger partial charge in [-0.1, -0.05) is 11.8 Å². The lowest BCUT2D eigenvalue weighted by Crippen LogP contribution is -2.24. The predicted molar refractivity (Wildman–Crippen MR) is 82.4 cm³/mol. The van der Waals surface area contributed by atoms with Crippen LogP contribution in [-0.4, -0.2) is 29.0 Å². The van der Waals surface area contributed by atoms with E-state index in [0.29, 0.717) is 11.3 Å². The Hall–Kier alpha value is -1.51. The molecule has 0 heterocycles. The molecule has 0 aliphatic heterocycles. The van der Waals surface area contributed by atoms with E-state index in [2.05, 4.69) is 11.8 Å². The summed E-state index contributed by atoms with van der Waals surface area (Å²) in [6, 6.07) is 4.46. The smallest absolute Gasteiger partial charge is 0.316 e. The highest BCUT2D eigenvalue weighted by Crippen LogP contribution is 2.17. The third kappa shape index (κ3) is 7.74. The van der Waals surface area contributed by atoms with Gasteiger partial charge in [0.1, 0.15) is 18.0 Å². The van der Waals surface area contributed by atoms with E-state index in [4.69, 9.17) is 9.84 Å². The first-order valence-corrected chi connectivity index (χ1v) is 7.64. The second-order valence-electron chi connectivity index (χ2n) is 5.39. The molecule has 0 aromatic heterocycles. The Labute approximate surface area is 128 Å². The number of rotatable bonds is 4. The maximum absolute atomic E-state index is 13.4. The van der Waals surface area contributed by atoms with Crippen molar-refractivity contribution in [3.63, 3.8) is 0 Å². The molecule has 0 radical (unpaired) electrons. The molecule has 0 unspecified atom stereocenters. The number of esters is 1. The number of ether oxygens (including phenoxy) is 1. The molecule has 0 atom stereocenters. The zero-order chi connectivity index (χ0) is 15.9. The quantitative estimate of drug-likeness (QED) is 0.686. The van der Waals surface area contributed by atoms with Crippen molar-refractivity contribution in [2.75, 3.05) is 12.4 Å². The van der Waals surface area contributed by atoms with Gasteiger partial charge >= 0.3 is 5.97 Å². The minimum Gasteiger partial charge on any atom is -0.459 e. The molecular formula is C16H19FO3S. The van der Waals surface area contributed by atoms with Crippen molar-refractivity contribution in [1.82, 2.24) is 0 Å². The third-order valence-corrected chi connectivity index (χ3v) is 3.16.